The average Bonchev–Trinajstić information content (AvgIpc) is 2.44. The zero-order chi connectivity index (χ0) is 14.5. The van der Waals surface area contributed by atoms with Gasteiger partial charge in [-0.15, -0.1) is 0 Å². The molecule has 0 aliphatic heterocycles. The van der Waals surface area contributed by atoms with Crippen LogP contribution in [0.3, 0.4) is 0 Å². The van der Waals surface area contributed by atoms with Crippen LogP contribution in [0.2, 0.25) is 0 Å². The Hall–Kier alpha value is -0.890. The van der Waals surface area contributed by atoms with Gasteiger partial charge in [-0.3, -0.25) is 0 Å². The molecule has 0 amide bonds. The SMILES string of the molecule is CCNCC1CCC(C(C)C)CC1c1cccc(F)c1. The number of halogens is 1. The van der Waals surface area contributed by atoms with Crippen molar-refractivity contribution in [2.24, 2.45) is 17.8 Å². The molecule has 1 fully saturated rings. The van der Waals surface area contributed by atoms with Gasteiger partial charge >= 0.3 is 0 Å². The lowest BCUT2D eigenvalue weighted by atomic mass is 9.68. The average molecular weight is 277 g/mol. The van der Waals surface area contributed by atoms with E-state index < -0.39 is 0 Å². The van der Waals surface area contributed by atoms with Crippen molar-refractivity contribution in [3.05, 3.63) is 35.6 Å². The Morgan fingerprint density at radius 1 is 1.30 bits per heavy atom. The molecule has 1 aliphatic rings. The van der Waals surface area contributed by atoms with E-state index in [4.69, 9.17) is 0 Å². The maximum absolute atomic E-state index is 13.5. The van der Waals surface area contributed by atoms with E-state index in [-0.39, 0.29) is 5.82 Å². The molecule has 0 spiro atoms. The van der Waals surface area contributed by atoms with Crippen LogP contribution in [0, 0.1) is 23.6 Å². The Labute approximate surface area is 123 Å². The first-order valence-electron chi connectivity index (χ1n) is 8.08. The minimum absolute atomic E-state index is 0.101. The van der Waals surface area contributed by atoms with Crippen LogP contribution in [0.25, 0.3) is 0 Å². The molecule has 20 heavy (non-hydrogen) atoms. The lowest BCUT2D eigenvalue weighted by Gasteiger charge is -2.38. The topological polar surface area (TPSA) is 12.0 Å². The van der Waals surface area contributed by atoms with Crippen molar-refractivity contribution in [1.82, 2.24) is 5.32 Å². The van der Waals surface area contributed by atoms with Gasteiger partial charge in [0.2, 0.25) is 0 Å². The van der Waals surface area contributed by atoms with Gasteiger partial charge in [0, 0.05) is 0 Å². The highest BCUT2D eigenvalue weighted by molar-refractivity contribution is 5.22. The predicted octanol–water partition coefficient (Wildman–Crippen LogP) is 4.59. The third-order valence-corrected chi connectivity index (χ3v) is 4.91. The summed E-state index contributed by atoms with van der Waals surface area (Å²) in [6.07, 6.45) is 3.79. The fourth-order valence-electron chi connectivity index (χ4n) is 3.59. The summed E-state index contributed by atoms with van der Waals surface area (Å²) in [7, 11) is 0. The number of benzene rings is 1. The van der Waals surface area contributed by atoms with Crippen molar-refractivity contribution in [3.63, 3.8) is 0 Å². The zero-order valence-electron chi connectivity index (χ0n) is 13.0. The second kappa shape index (κ2) is 7.21. The van der Waals surface area contributed by atoms with Crippen molar-refractivity contribution >= 4 is 0 Å². The van der Waals surface area contributed by atoms with Gasteiger partial charge in [-0.05, 0) is 73.7 Å². The second-order valence-corrected chi connectivity index (χ2v) is 6.55. The van der Waals surface area contributed by atoms with Gasteiger partial charge in [-0.1, -0.05) is 32.9 Å². The summed E-state index contributed by atoms with van der Waals surface area (Å²) in [5, 5.41) is 3.48. The number of nitrogens with one attached hydrogen (secondary N) is 1. The summed E-state index contributed by atoms with van der Waals surface area (Å²) in [4.78, 5) is 0. The highest BCUT2D eigenvalue weighted by Gasteiger charge is 2.32. The van der Waals surface area contributed by atoms with Crippen LogP contribution in [0.1, 0.15) is 51.5 Å². The first-order chi connectivity index (χ1) is 9.61. The monoisotopic (exact) mass is 277 g/mol. The van der Waals surface area contributed by atoms with E-state index in [0.29, 0.717) is 11.8 Å². The molecular weight excluding hydrogens is 249 g/mol. The van der Waals surface area contributed by atoms with Crippen LogP contribution in [0.4, 0.5) is 4.39 Å². The van der Waals surface area contributed by atoms with Crippen LogP contribution in [0.15, 0.2) is 24.3 Å². The fraction of sp³-hybridized carbons (Fsp3) is 0.667. The van der Waals surface area contributed by atoms with E-state index in [9.17, 15) is 4.39 Å². The molecule has 2 heteroatoms. The van der Waals surface area contributed by atoms with Gasteiger partial charge < -0.3 is 5.32 Å². The Balaban J connectivity index is 2.16. The van der Waals surface area contributed by atoms with Gasteiger partial charge in [0.05, 0.1) is 0 Å². The standard InChI is InChI=1S/C18H28FN/c1-4-20-12-16-9-8-14(13(2)3)11-18(16)15-6-5-7-17(19)10-15/h5-7,10,13-14,16,18,20H,4,8-9,11-12H2,1-3H3. The van der Waals surface area contributed by atoms with E-state index in [1.807, 2.05) is 6.07 Å². The van der Waals surface area contributed by atoms with E-state index in [1.54, 1.807) is 12.1 Å². The molecule has 1 saturated carbocycles. The summed E-state index contributed by atoms with van der Waals surface area (Å²) < 4.78 is 13.5. The van der Waals surface area contributed by atoms with Crippen LogP contribution in [0.5, 0.6) is 0 Å². The van der Waals surface area contributed by atoms with Crippen LogP contribution >= 0.6 is 0 Å². The Kier molecular flexibility index (Phi) is 5.59. The summed E-state index contributed by atoms with van der Waals surface area (Å²) in [6, 6.07) is 7.25. The van der Waals surface area contributed by atoms with Gasteiger partial charge in [-0.25, -0.2) is 4.39 Å². The highest BCUT2D eigenvalue weighted by atomic mass is 19.1. The van der Waals surface area contributed by atoms with E-state index in [2.05, 4.69) is 32.2 Å². The fourth-order valence-corrected chi connectivity index (χ4v) is 3.59. The normalized spacial score (nSPS) is 26.9. The molecule has 0 saturated heterocycles. The molecule has 1 N–H and O–H groups in total. The minimum atomic E-state index is -0.101. The van der Waals surface area contributed by atoms with Crippen LogP contribution < -0.4 is 5.32 Å². The molecule has 3 atom stereocenters. The lowest BCUT2D eigenvalue weighted by molar-refractivity contribution is 0.191. The summed E-state index contributed by atoms with van der Waals surface area (Å²) in [6.45, 7) is 8.86. The molecule has 3 unspecified atom stereocenters. The van der Waals surface area contributed by atoms with Crippen molar-refractivity contribution in [2.45, 2.75) is 46.0 Å². The molecule has 0 aromatic heterocycles. The number of rotatable bonds is 5. The smallest absolute Gasteiger partial charge is 0.123 e. The predicted molar refractivity (Wildman–Crippen MR) is 83.4 cm³/mol. The molecule has 0 radical (unpaired) electrons. The largest absolute Gasteiger partial charge is 0.317 e. The minimum Gasteiger partial charge on any atom is -0.317 e. The highest BCUT2D eigenvalue weighted by Crippen LogP contribution is 2.42. The number of hydrogen-bond donors (Lipinski definition) is 1. The molecule has 1 aromatic rings. The molecule has 0 heterocycles. The van der Waals surface area contributed by atoms with Gasteiger partial charge in [-0.2, -0.15) is 0 Å². The van der Waals surface area contributed by atoms with E-state index in [1.165, 1.54) is 24.8 Å². The first kappa shape index (κ1) is 15.5. The summed E-state index contributed by atoms with van der Waals surface area (Å²) in [5.74, 6) is 2.56. The Morgan fingerprint density at radius 2 is 2.10 bits per heavy atom. The van der Waals surface area contributed by atoms with Crippen molar-refractivity contribution < 1.29 is 4.39 Å². The molecule has 1 nitrogen and oxygen atoms in total. The van der Waals surface area contributed by atoms with Crippen LogP contribution in [-0.2, 0) is 0 Å². The van der Waals surface area contributed by atoms with Gasteiger partial charge in [0.15, 0.2) is 0 Å². The Bertz CT molecular complexity index is 416. The van der Waals surface area contributed by atoms with Crippen molar-refractivity contribution in [1.29, 1.82) is 0 Å². The molecule has 0 bridgehead atoms. The molecule has 2 rings (SSSR count). The molecule has 1 aromatic carbocycles. The second-order valence-electron chi connectivity index (χ2n) is 6.55. The van der Waals surface area contributed by atoms with E-state index >= 15 is 0 Å². The van der Waals surface area contributed by atoms with E-state index in [0.717, 1.165) is 24.9 Å². The van der Waals surface area contributed by atoms with Crippen molar-refractivity contribution in [2.75, 3.05) is 13.1 Å². The zero-order valence-corrected chi connectivity index (χ0v) is 13.0. The third kappa shape index (κ3) is 3.82. The molecule has 1 aliphatic carbocycles. The number of hydrogen-bond acceptors (Lipinski definition) is 1. The van der Waals surface area contributed by atoms with Gasteiger partial charge in [0.25, 0.3) is 0 Å². The summed E-state index contributed by atoms with van der Waals surface area (Å²) >= 11 is 0. The first-order valence-corrected chi connectivity index (χ1v) is 8.08. The van der Waals surface area contributed by atoms with Gasteiger partial charge in [0.1, 0.15) is 5.82 Å². The van der Waals surface area contributed by atoms with Crippen molar-refractivity contribution in [3.8, 4) is 0 Å². The maximum Gasteiger partial charge on any atom is 0.123 e. The molecular formula is C18H28FN. The molecule has 112 valence electrons. The lowest BCUT2D eigenvalue weighted by Crippen LogP contribution is -2.33. The summed E-state index contributed by atoms with van der Waals surface area (Å²) in [5.41, 5.74) is 1.19. The van der Waals surface area contributed by atoms with Crippen LogP contribution in [-0.4, -0.2) is 13.1 Å². The third-order valence-electron chi connectivity index (χ3n) is 4.91. The maximum atomic E-state index is 13.5. The Morgan fingerprint density at radius 3 is 2.75 bits per heavy atom. The quantitative estimate of drug-likeness (QED) is 0.830.